The molecule has 0 saturated heterocycles. The minimum Gasteiger partial charge on any atom is -0.490 e. The van der Waals surface area contributed by atoms with Crippen molar-refractivity contribution >= 4 is 35.1 Å². The minimum absolute atomic E-state index is 0.227. The van der Waals surface area contributed by atoms with Crippen molar-refractivity contribution in [2.45, 2.75) is 46.4 Å². The van der Waals surface area contributed by atoms with Crippen molar-refractivity contribution in [1.82, 2.24) is 20.2 Å². The predicted octanol–water partition coefficient (Wildman–Crippen LogP) is 5.20. The summed E-state index contributed by atoms with van der Waals surface area (Å²) in [7, 11) is 0. The number of aromatic nitrogens is 4. The lowest BCUT2D eigenvalue weighted by atomic mass is 9.95. The number of allylic oxidation sites excluding steroid dienone is 1. The lowest BCUT2D eigenvalue weighted by Gasteiger charge is -2.28. The van der Waals surface area contributed by atoms with Crippen LogP contribution in [-0.2, 0) is 16.1 Å². The van der Waals surface area contributed by atoms with Gasteiger partial charge in [-0.1, -0.05) is 40.4 Å². The van der Waals surface area contributed by atoms with Crippen molar-refractivity contribution in [3.8, 4) is 11.5 Å². The van der Waals surface area contributed by atoms with Crippen LogP contribution in [0.5, 0.6) is 11.5 Å². The van der Waals surface area contributed by atoms with E-state index in [1.54, 1.807) is 43.7 Å². The van der Waals surface area contributed by atoms with Crippen LogP contribution in [0.25, 0.3) is 0 Å². The first-order chi connectivity index (χ1) is 16.8. The summed E-state index contributed by atoms with van der Waals surface area (Å²) >= 11 is 12.3. The second kappa shape index (κ2) is 10.5. The van der Waals surface area contributed by atoms with Gasteiger partial charge in [0.15, 0.2) is 11.5 Å². The number of rotatable bonds is 8. The van der Waals surface area contributed by atoms with Gasteiger partial charge >= 0.3 is 5.97 Å². The number of benzene rings is 2. The highest BCUT2D eigenvalue weighted by atomic mass is 35.5. The molecule has 1 atom stereocenters. The molecule has 1 aliphatic heterocycles. The molecule has 0 aliphatic carbocycles. The summed E-state index contributed by atoms with van der Waals surface area (Å²) in [5, 5.41) is 16.0. The topological polar surface area (TPSA) is 100 Å². The molecule has 0 amide bonds. The van der Waals surface area contributed by atoms with Crippen molar-refractivity contribution in [2.24, 2.45) is 0 Å². The highest BCUT2D eigenvalue weighted by Crippen LogP contribution is 2.39. The maximum Gasteiger partial charge on any atom is 0.338 e. The summed E-state index contributed by atoms with van der Waals surface area (Å²) < 4.78 is 19.0. The van der Waals surface area contributed by atoms with Gasteiger partial charge in [0.1, 0.15) is 12.6 Å². The summed E-state index contributed by atoms with van der Waals surface area (Å²) in [5.41, 5.74) is 2.54. The molecule has 1 aliphatic rings. The molecule has 2 aromatic carbocycles. The number of nitrogens with one attached hydrogen (secondary N) is 1. The van der Waals surface area contributed by atoms with Crippen molar-refractivity contribution in [3.05, 3.63) is 68.8 Å². The zero-order valence-electron chi connectivity index (χ0n) is 19.7. The Hall–Kier alpha value is -3.30. The van der Waals surface area contributed by atoms with Crippen LogP contribution < -0.4 is 14.8 Å². The second-order valence-corrected chi connectivity index (χ2v) is 8.97. The molecule has 1 unspecified atom stereocenters. The number of carbonyl (C=O) groups is 1. The van der Waals surface area contributed by atoms with Crippen LogP contribution in [-0.4, -0.2) is 38.9 Å². The van der Waals surface area contributed by atoms with Crippen molar-refractivity contribution < 1.29 is 19.0 Å². The quantitative estimate of drug-likeness (QED) is 0.407. The lowest BCUT2D eigenvalue weighted by molar-refractivity contribution is -0.143. The maximum absolute atomic E-state index is 13.0. The average molecular weight is 518 g/mol. The largest absolute Gasteiger partial charge is 0.490 e. The Morgan fingerprint density at radius 2 is 1.94 bits per heavy atom. The number of hydrogen-bond acceptors (Lipinski definition) is 8. The summed E-state index contributed by atoms with van der Waals surface area (Å²) in [4.78, 5) is 13.0. The van der Waals surface area contributed by atoms with E-state index in [9.17, 15) is 4.79 Å². The molecular formula is C24H25Cl2N5O4. The molecule has 1 N–H and O–H groups in total. The van der Waals surface area contributed by atoms with Crippen LogP contribution in [0.4, 0.5) is 5.95 Å². The van der Waals surface area contributed by atoms with Gasteiger partial charge in [-0.25, -0.2) is 4.79 Å². The van der Waals surface area contributed by atoms with E-state index < -0.39 is 12.0 Å². The molecule has 2 heterocycles. The molecule has 0 spiro atoms. The van der Waals surface area contributed by atoms with Crippen LogP contribution >= 0.6 is 23.2 Å². The summed E-state index contributed by atoms with van der Waals surface area (Å²) in [6.07, 6.45) is -0.284. The van der Waals surface area contributed by atoms with Crippen LogP contribution in [0.15, 0.2) is 47.7 Å². The zero-order valence-corrected chi connectivity index (χ0v) is 21.2. The molecule has 35 heavy (non-hydrogen) atoms. The molecule has 3 aromatic rings. The summed E-state index contributed by atoms with van der Waals surface area (Å²) in [6, 6.07) is 10.1. The number of fused-ring (bicyclic) bond motifs is 1. The predicted molar refractivity (Wildman–Crippen MR) is 132 cm³/mol. The van der Waals surface area contributed by atoms with Gasteiger partial charge in [-0.15, -0.1) is 0 Å². The van der Waals surface area contributed by atoms with Gasteiger partial charge < -0.3 is 19.5 Å². The SMILES string of the molecule is CCOc1cc(C2C(C(=O)OC(C)C)=C(C)Nc3nnnn32)ccc1OCc1ccc(Cl)cc1Cl. The molecule has 9 nitrogen and oxygen atoms in total. The highest BCUT2D eigenvalue weighted by molar-refractivity contribution is 6.35. The number of tetrazole rings is 1. The van der Waals surface area contributed by atoms with E-state index in [2.05, 4.69) is 20.8 Å². The number of carbonyl (C=O) groups excluding carboxylic acids is 1. The zero-order chi connectivity index (χ0) is 25.1. The monoisotopic (exact) mass is 517 g/mol. The smallest absolute Gasteiger partial charge is 0.338 e. The third-order valence-corrected chi connectivity index (χ3v) is 5.85. The van der Waals surface area contributed by atoms with E-state index in [1.807, 2.05) is 25.1 Å². The number of ether oxygens (including phenoxy) is 3. The first kappa shape index (κ1) is 24.8. The van der Waals surface area contributed by atoms with Gasteiger partial charge in [0, 0.05) is 21.3 Å². The van der Waals surface area contributed by atoms with E-state index in [0.29, 0.717) is 45.4 Å². The van der Waals surface area contributed by atoms with Gasteiger partial charge in [-0.3, -0.25) is 0 Å². The standard InChI is InChI=1S/C24H25Cl2N5O4/c1-5-33-20-10-15(7-9-19(20)34-12-16-6-8-17(25)11-18(16)26)22-21(23(32)35-13(2)3)14(4)27-24-28-29-30-31(22)24/h6-11,13,22H,5,12H2,1-4H3,(H,27,28,30). The van der Waals surface area contributed by atoms with Gasteiger partial charge in [-0.2, -0.15) is 4.68 Å². The Bertz CT molecular complexity index is 1270. The van der Waals surface area contributed by atoms with Gasteiger partial charge in [-0.05, 0) is 68.0 Å². The summed E-state index contributed by atoms with van der Waals surface area (Å²) in [6.45, 7) is 7.91. The first-order valence-electron chi connectivity index (χ1n) is 11.1. The van der Waals surface area contributed by atoms with E-state index >= 15 is 0 Å². The maximum atomic E-state index is 13.0. The molecule has 0 saturated carbocycles. The fourth-order valence-electron chi connectivity index (χ4n) is 3.74. The second-order valence-electron chi connectivity index (χ2n) is 8.13. The minimum atomic E-state index is -0.619. The Labute approximate surface area is 213 Å². The normalized spacial score (nSPS) is 15.0. The molecule has 1 aromatic heterocycles. The molecule has 0 fully saturated rings. The van der Waals surface area contributed by atoms with Crippen LogP contribution in [0.1, 0.15) is 44.9 Å². The molecule has 11 heteroatoms. The van der Waals surface area contributed by atoms with Crippen molar-refractivity contribution in [2.75, 3.05) is 11.9 Å². The Balaban J connectivity index is 1.70. The van der Waals surface area contributed by atoms with E-state index in [-0.39, 0.29) is 12.7 Å². The highest BCUT2D eigenvalue weighted by Gasteiger charge is 2.35. The molecule has 0 bridgehead atoms. The van der Waals surface area contributed by atoms with Crippen LogP contribution in [0.3, 0.4) is 0 Å². The van der Waals surface area contributed by atoms with Crippen molar-refractivity contribution in [1.29, 1.82) is 0 Å². The number of hydrogen-bond donors (Lipinski definition) is 1. The number of halogens is 2. The molecular weight excluding hydrogens is 493 g/mol. The fourth-order valence-corrected chi connectivity index (χ4v) is 4.20. The number of anilines is 1. The average Bonchev–Trinajstić information content (AvgIpc) is 3.26. The van der Waals surface area contributed by atoms with Gasteiger partial charge in [0.05, 0.1) is 18.3 Å². The van der Waals surface area contributed by atoms with E-state index in [4.69, 9.17) is 37.4 Å². The fraction of sp³-hybridized carbons (Fsp3) is 0.333. The molecule has 0 radical (unpaired) electrons. The third kappa shape index (κ3) is 5.36. The molecule has 4 rings (SSSR count). The Morgan fingerprint density at radius 3 is 2.66 bits per heavy atom. The molecule has 184 valence electrons. The van der Waals surface area contributed by atoms with Gasteiger partial charge in [0.25, 0.3) is 0 Å². The number of nitrogens with zero attached hydrogens (tertiary/aromatic N) is 4. The van der Waals surface area contributed by atoms with Crippen LogP contribution in [0, 0.1) is 0 Å². The summed E-state index contributed by atoms with van der Waals surface area (Å²) in [5.74, 6) is 1.01. The van der Waals surface area contributed by atoms with Crippen LogP contribution in [0.2, 0.25) is 10.0 Å². The Morgan fingerprint density at radius 1 is 1.14 bits per heavy atom. The van der Waals surface area contributed by atoms with Gasteiger partial charge in [0.2, 0.25) is 5.95 Å². The Kier molecular flexibility index (Phi) is 7.47. The number of esters is 1. The lowest BCUT2D eigenvalue weighted by Crippen LogP contribution is -2.30. The first-order valence-corrected chi connectivity index (χ1v) is 11.8. The third-order valence-electron chi connectivity index (χ3n) is 5.26. The van der Waals surface area contributed by atoms with Crippen molar-refractivity contribution in [3.63, 3.8) is 0 Å². The van der Waals surface area contributed by atoms with E-state index in [1.165, 1.54) is 0 Å². The van der Waals surface area contributed by atoms with E-state index in [0.717, 1.165) is 11.1 Å².